The molecule has 0 aliphatic heterocycles. The lowest BCUT2D eigenvalue weighted by atomic mass is 10.2. The first-order valence-electron chi connectivity index (χ1n) is 10.5. The monoisotopic (exact) mass is 481 g/mol. The number of ether oxygens (including phenoxy) is 1. The van der Waals surface area contributed by atoms with Crippen LogP contribution < -0.4 is 10.6 Å². The van der Waals surface area contributed by atoms with E-state index in [9.17, 15) is 18.4 Å². The molecule has 0 unspecified atom stereocenters. The van der Waals surface area contributed by atoms with Crippen LogP contribution in [-0.2, 0) is 17.9 Å². The van der Waals surface area contributed by atoms with E-state index in [-0.39, 0.29) is 24.8 Å². The van der Waals surface area contributed by atoms with Gasteiger partial charge < -0.3 is 24.2 Å². The number of anilines is 1. The van der Waals surface area contributed by atoms with E-state index in [1.54, 1.807) is 43.3 Å². The zero-order valence-electron chi connectivity index (χ0n) is 18.9. The van der Waals surface area contributed by atoms with E-state index in [1.165, 1.54) is 13.2 Å². The molecule has 0 saturated heterocycles. The van der Waals surface area contributed by atoms with E-state index >= 15 is 0 Å². The first-order valence-corrected chi connectivity index (χ1v) is 10.5. The predicted octanol–water partition coefficient (Wildman–Crippen LogP) is 4.85. The van der Waals surface area contributed by atoms with Gasteiger partial charge in [0, 0.05) is 18.4 Å². The molecule has 0 aliphatic carbocycles. The molecule has 2 amide bonds. The molecular formula is C25H21F2N3O5. The molecule has 2 N–H and O–H groups in total. The molecular weight excluding hydrogens is 460 g/mol. The molecule has 2 heterocycles. The fourth-order valence-corrected chi connectivity index (χ4v) is 3.29. The molecule has 8 nitrogen and oxygen atoms in total. The quantitative estimate of drug-likeness (QED) is 0.373. The molecule has 35 heavy (non-hydrogen) atoms. The van der Waals surface area contributed by atoms with Crippen molar-refractivity contribution in [3.63, 3.8) is 0 Å². The van der Waals surface area contributed by atoms with Crippen molar-refractivity contribution in [2.24, 2.45) is 0 Å². The SMILES string of the molecule is COCc1ccc(C(=O)Nc2ccc(-c3nc(CNC(=O)c4c(F)cccc4F)c(C)o3)cc2)o1. The van der Waals surface area contributed by atoms with E-state index in [0.29, 0.717) is 28.5 Å². The minimum atomic E-state index is -0.949. The Morgan fingerprint density at radius 1 is 0.971 bits per heavy atom. The number of hydrogen-bond donors (Lipinski definition) is 2. The number of nitrogens with one attached hydrogen (secondary N) is 2. The molecule has 0 atom stereocenters. The molecule has 4 rings (SSSR count). The number of carbonyl (C=O) groups excluding carboxylic acids is 2. The number of rotatable bonds is 8. The summed E-state index contributed by atoms with van der Waals surface area (Å²) in [6, 6.07) is 13.2. The summed E-state index contributed by atoms with van der Waals surface area (Å²) in [5.74, 6) is -1.77. The number of methoxy groups -OCH3 is 1. The summed E-state index contributed by atoms with van der Waals surface area (Å²) in [5, 5.41) is 5.19. The van der Waals surface area contributed by atoms with Crippen molar-refractivity contribution in [2.45, 2.75) is 20.1 Å². The van der Waals surface area contributed by atoms with E-state index in [0.717, 1.165) is 12.1 Å². The number of hydrogen-bond acceptors (Lipinski definition) is 6. The van der Waals surface area contributed by atoms with Crippen LogP contribution in [0.2, 0.25) is 0 Å². The highest BCUT2D eigenvalue weighted by atomic mass is 19.1. The first kappa shape index (κ1) is 23.8. The summed E-state index contributed by atoms with van der Waals surface area (Å²) < 4.78 is 43.7. The molecule has 2 aromatic carbocycles. The number of benzene rings is 2. The first-order chi connectivity index (χ1) is 16.9. The van der Waals surface area contributed by atoms with Crippen molar-refractivity contribution in [3.05, 3.63) is 94.8 Å². The summed E-state index contributed by atoms with van der Waals surface area (Å²) in [4.78, 5) is 28.9. The van der Waals surface area contributed by atoms with Crippen LogP contribution in [0.4, 0.5) is 14.5 Å². The number of furan rings is 1. The smallest absolute Gasteiger partial charge is 0.291 e. The van der Waals surface area contributed by atoms with Crippen LogP contribution in [0.3, 0.4) is 0 Å². The van der Waals surface area contributed by atoms with Gasteiger partial charge >= 0.3 is 0 Å². The van der Waals surface area contributed by atoms with Gasteiger partial charge in [0.15, 0.2) is 5.76 Å². The van der Waals surface area contributed by atoms with Gasteiger partial charge in [-0.1, -0.05) is 6.07 Å². The van der Waals surface area contributed by atoms with Crippen LogP contribution in [0.1, 0.15) is 38.1 Å². The summed E-state index contributed by atoms with van der Waals surface area (Å²) in [6.45, 7) is 1.85. The lowest BCUT2D eigenvalue weighted by Gasteiger charge is -2.05. The largest absolute Gasteiger partial charge is 0.453 e. The Bertz CT molecular complexity index is 1340. The van der Waals surface area contributed by atoms with Crippen molar-refractivity contribution in [3.8, 4) is 11.5 Å². The average molecular weight is 481 g/mol. The minimum Gasteiger partial charge on any atom is -0.453 e. The Morgan fingerprint density at radius 2 is 1.69 bits per heavy atom. The zero-order chi connectivity index (χ0) is 24.9. The maximum absolute atomic E-state index is 13.8. The van der Waals surface area contributed by atoms with Gasteiger partial charge in [-0.05, 0) is 55.5 Å². The molecule has 0 saturated carbocycles. The maximum Gasteiger partial charge on any atom is 0.291 e. The summed E-state index contributed by atoms with van der Waals surface area (Å²) >= 11 is 0. The summed E-state index contributed by atoms with van der Waals surface area (Å²) in [5.41, 5.74) is 0.915. The molecule has 0 aliphatic rings. The van der Waals surface area contributed by atoms with Gasteiger partial charge in [0.1, 0.15) is 41.0 Å². The van der Waals surface area contributed by atoms with Crippen LogP contribution in [0.5, 0.6) is 0 Å². The molecule has 0 bridgehead atoms. The normalized spacial score (nSPS) is 10.9. The van der Waals surface area contributed by atoms with Crippen LogP contribution in [0.25, 0.3) is 11.5 Å². The highest BCUT2D eigenvalue weighted by Crippen LogP contribution is 2.24. The van der Waals surface area contributed by atoms with Gasteiger partial charge in [-0.3, -0.25) is 9.59 Å². The number of carbonyl (C=O) groups is 2. The van der Waals surface area contributed by atoms with Crippen molar-refractivity contribution >= 4 is 17.5 Å². The van der Waals surface area contributed by atoms with Crippen molar-refractivity contribution in [1.29, 1.82) is 0 Å². The standard InChI is InChI=1S/C25H21F2N3O5/c1-14-20(12-28-24(32)22-18(26)4-3-5-19(22)27)30-25(34-14)15-6-8-16(9-7-15)29-23(31)21-11-10-17(35-21)13-33-2/h3-11H,12-13H2,1-2H3,(H,28,32)(H,29,31). The van der Waals surface area contributed by atoms with Crippen molar-refractivity contribution in [2.75, 3.05) is 12.4 Å². The van der Waals surface area contributed by atoms with Gasteiger partial charge in [0.05, 0.1) is 6.54 Å². The fourth-order valence-electron chi connectivity index (χ4n) is 3.29. The maximum atomic E-state index is 13.8. The third-order valence-electron chi connectivity index (χ3n) is 5.06. The average Bonchev–Trinajstić information content (AvgIpc) is 3.45. The van der Waals surface area contributed by atoms with Crippen molar-refractivity contribution < 1.29 is 31.9 Å². The Kier molecular flexibility index (Phi) is 7.02. The molecule has 0 spiro atoms. The van der Waals surface area contributed by atoms with E-state index in [4.69, 9.17) is 13.6 Å². The zero-order valence-corrected chi connectivity index (χ0v) is 18.9. The second-order valence-corrected chi connectivity index (χ2v) is 7.53. The third-order valence-corrected chi connectivity index (χ3v) is 5.06. The van der Waals surface area contributed by atoms with E-state index < -0.39 is 29.0 Å². The highest BCUT2D eigenvalue weighted by molar-refractivity contribution is 6.02. The van der Waals surface area contributed by atoms with Gasteiger partial charge in [-0.15, -0.1) is 0 Å². The molecule has 4 aromatic rings. The minimum absolute atomic E-state index is 0.0791. The Hall–Kier alpha value is -4.31. The lowest BCUT2D eigenvalue weighted by Crippen LogP contribution is -2.25. The second-order valence-electron chi connectivity index (χ2n) is 7.53. The molecule has 0 fully saturated rings. The predicted molar refractivity (Wildman–Crippen MR) is 122 cm³/mol. The Labute approximate surface area is 198 Å². The van der Waals surface area contributed by atoms with Gasteiger partial charge in [0.25, 0.3) is 11.8 Å². The van der Waals surface area contributed by atoms with Crippen LogP contribution in [0.15, 0.2) is 63.4 Å². The summed E-state index contributed by atoms with van der Waals surface area (Å²) in [6.07, 6.45) is 0. The molecule has 10 heteroatoms. The Morgan fingerprint density at radius 3 is 2.37 bits per heavy atom. The van der Waals surface area contributed by atoms with E-state index in [1.807, 2.05) is 0 Å². The molecule has 2 aromatic heterocycles. The number of amides is 2. The molecule has 0 radical (unpaired) electrons. The topological polar surface area (TPSA) is 107 Å². The van der Waals surface area contributed by atoms with Gasteiger partial charge in [0.2, 0.25) is 5.89 Å². The number of aromatic nitrogens is 1. The number of nitrogens with zero attached hydrogens (tertiary/aromatic N) is 1. The number of oxazole rings is 1. The highest BCUT2D eigenvalue weighted by Gasteiger charge is 2.19. The third kappa shape index (κ3) is 5.44. The summed E-state index contributed by atoms with van der Waals surface area (Å²) in [7, 11) is 1.53. The fraction of sp³-hybridized carbons (Fsp3) is 0.160. The lowest BCUT2D eigenvalue weighted by molar-refractivity contribution is 0.0940. The second kappa shape index (κ2) is 10.3. The number of halogens is 2. The van der Waals surface area contributed by atoms with Crippen molar-refractivity contribution in [1.82, 2.24) is 10.3 Å². The van der Waals surface area contributed by atoms with E-state index in [2.05, 4.69) is 15.6 Å². The Balaban J connectivity index is 1.40. The van der Waals surface area contributed by atoms with Crippen LogP contribution in [-0.4, -0.2) is 23.9 Å². The van der Waals surface area contributed by atoms with Gasteiger partial charge in [-0.25, -0.2) is 13.8 Å². The van der Waals surface area contributed by atoms with Crippen LogP contribution >= 0.6 is 0 Å². The van der Waals surface area contributed by atoms with Gasteiger partial charge in [-0.2, -0.15) is 0 Å². The van der Waals surface area contributed by atoms with Crippen LogP contribution in [0, 0.1) is 18.6 Å². The number of aryl methyl sites for hydroxylation is 1. The molecule has 180 valence electrons.